The zero-order valence-corrected chi connectivity index (χ0v) is 15.9. The van der Waals surface area contributed by atoms with Crippen LogP contribution < -0.4 is 4.72 Å². The number of Topliss-reactive ketones (excluding diaryl/α,β-unsaturated/α-hetero) is 1. The third kappa shape index (κ3) is 7.69. The number of hydrogen-bond donors (Lipinski definition) is 1. The molecule has 0 aliphatic carbocycles. The molecule has 0 aliphatic heterocycles. The van der Waals surface area contributed by atoms with Gasteiger partial charge in [0.1, 0.15) is 0 Å². The van der Waals surface area contributed by atoms with Gasteiger partial charge in [0.05, 0.1) is 6.26 Å². The largest absolute Gasteiger partial charge is 0.302 e. The number of anilines is 1. The summed E-state index contributed by atoms with van der Waals surface area (Å²) >= 11 is 0. The van der Waals surface area contributed by atoms with E-state index in [4.69, 9.17) is 0 Å². The summed E-state index contributed by atoms with van der Waals surface area (Å²) in [6.45, 7) is 1.46. The van der Waals surface area contributed by atoms with E-state index in [0.29, 0.717) is 24.2 Å². The Morgan fingerprint density at radius 1 is 1.04 bits per heavy atom. The van der Waals surface area contributed by atoms with E-state index in [1.807, 2.05) is 25.2 Å². The van der Waals surface area contributed by atoms with Gasteiger partial charge in [0.2, 0.25) is 10.0 Å². The quantitative estimate of drug-likeness (QED) is 0.712. The zero-order chi connectivity index (χ0) is 17.6. The molecule has 2 aromatic rings. The Bertz CT molecular complexity index is 778. The maximum Gasteiger partial charge on any atom is 0.229 e. The summed E-state index contributed by atoms with van der Waals surface area (Å²) < 4.78 is 24.7. The standard InChI is InChI=1S/C18H22N2O3S.ClH/c1-20(14-15-6-4-3-5-7-15)13-12-18(21)16-8-10-17(11-9-16)19-24(2,22)23;/h3-11,19H,12-14H2,1-2H3;1H. The first-order valence-corrected chi connectivity index (χ1v) is 9.56. The van der Waals surface area contributed by atoms with Crippen molar-refractivity contribution in [2.45, 2.75) is 13.0 Å². The van der Waals surface area contributed by atoms with Crippen LogP contribution in [0.5, 0.6) is 0 Å². The fraction of sp³-hybridized carbons (Fsp3) is 0.278. The third-order valence-electron chi connectivity index (χ3n) is 3.53. The predicted molar refractivity (Wildman–Crippen MR) is 104 cm³/mol. The maximum atomic E-state index is 12.2. The summed E-state index contributed by atoms with van der Waals surface area (Å²) in [6, 6.07) is 16.6. The maximum absolute atomic E-state index is 12.2. The smallest absolute Gasteiger partial charge is 0.229 e. The van der Waals surface area contributed by atoms with Gasteiger partial charge in [-0.1, -0.05) is 30.3 Å². The van der Waals surface area contributed by atoms with Crippen molar-refractivity contribution in [1.29, 1.82) is 0 Å². The molecule has 5 nitrogen and oxygen atoms in total. The van der Waals surface area contributed by atoms with Gasteiger partial charge in [-0.2, -0.15) is 0 Å². The van der Waals surface area contributed by atoms with E-state index in [1.54, 1.807) is 24.3 Å². The number of nitrogens with zero attached hydrogens (tertiary/aromatic N) is 1. The van der Waals surface area contributed by atoms with Gasteiger partial charge in [-0.25, -0.2) is 8.42 Å². The number of carbonyl (C=O) groups excluding carboxylic acids is 1. The Labute approximate surface area is 155 Å². The lowest BCUT2D eigenvalue weighted by atomic mass is 10.1. The minimum atomic E-state index is -3.30. The molecule has 0 unspecified atom stereocenters. The van der Waals surface area contributed by atoms with Crippen LogP contribution in [-0.4, -0.2) is 38.9 Å². The average Bonchev–Trinajstić information content (AvgIpc) is 2.53. The van der Waals surface area contributed by atoms with Crippen molar-refractivity contribution in [3.63, 3.8) is 0 Å². The van der Waals surface area contributed by atoms with Crippen LogP contribution in [0.2, 0.25) is 0 Å². The molecular weight excluding hydrogens is 360 g/mol. The van der Waals surface area contributed by atoms with Crippen LogP contribution >= 0.6 is 12.4 Å². The lowest BCUT2D eigenvalue weighted by Crippen LogP contribution is -2.21. The van der Waals surface area contributed by atoms with Crippen LogP contribution in [-0.2, 0) is 16.6 Å². The van der Waals surface area contributed by atoms with Gasteiger partial charge in [-0.15, -0.1) is 12.4 Å². The van der Waals surface area contributed by atoms with Gasteiger partial charge in [0, 0.05) is 30.8 Å². The summed E-state index contributed by atoms with van der Waals surface area (Å²) in [5.74, 6) is 0.0424. The van der Waals surface area contributed by atoms with Crippen molar-refractivity contribution >= 4 is 33.9 Å². The van der Waals surface area contributed by atoms with Gasteiger partial charge in [-0.3, -0.25) is 9.52 Å². The van der Waals surface area contributed by atoms with Crippen LogP contribution in [0.1, 0.15) is 22.3 Å². The van der Waals surface area contributed by atoms with E-state index >= 15 is 0 Å². The molecule has 0 radical (unpaired) electrons. The van der Waals surface area contributed by atoms with Gasteiger partial charge < -0.3 is 4.90 Å². The summed E-state index contributed by atoms with van der Waals surface area (Å²) in [6.07, 6.45) is 1.51. The molecule has 7 heteroatoms. The molecule has 1 N–H and O–H groups in total. The fourth-order valence-electron chi connectivity index (χ4n) is 2.35. The van der Waals surface area contributed by atoms with E-state index in [1.165, 1.54) is 5.56 Å². The molecular formula is C18H23ClN2O3S. The first kappa shape index (κ1) is 21.2. The van der Waals surface area contributed by atoms with Crippen LogP contribution in [0, 0.1) is 0 Å². The molecule has 136 valence electrons. The number of hydrogen-bond acceptors (Lipinski definition) is 4. The van der Waals surface area contributed by atoms with Crippen molar-refractivity contribution in [3.05, 3.63) is 65.7 Å². The number of ketones is 1. The number of sulfonamides is 1. The van der Waals surface area contributed by atoms with Crippen LogP contribution in [0.4, 0.5) is 5.69 Å². The molecule has 0 spiro atoms. The molecule has 0 atom stereocenters. The summed E-state index contributed by atoms with van der Waals surface area (Å²) in [4.78, 5) is 14.3. The van der Waals surface area contributed by atoms with Crippen molar-refractivity contribution in [1.82, 2.24) is 4.90 Å². The average molecular weight is 383 g/mol. The highest BCUT2D eigenvalue weighted by molar-refractivity contribution is 7.92. The number of rotatable bonds is 8. The summed E-state index contributed by atoms with van der Waals surface area (Å²) in [7, 11) is -1.32. The van der Waals surface area contributed by atoms with Crippen molar-refractivity contribution < 1.29 is 13.2 Å². The molecule has 0 fully saturated rings. The lowest BCUT2D eigenvalue weighted by Gasteiger charge is -2.16. The normalized spacial score (nSPS) is 11.0. The van der Waals surface area contributed by atoms with E-state index < -0.39 is 10.0 Å². The number of carbonyl (C=O) groups is 1. The molecule has 0 aromatic heterocycles. The second-order valence-corrected chi connectivity index (χ2v) is 7.60. The summed E-state index contributed by atoms with van der Waals surface area (Å²) in [5.41, 5.74) is 2.25. The molecule has 0 aliphatic rings. The Balaban J connectivity index is 0.00000312. The third-order valence-corrected chi connectivity index (χ3v) is 4.13. The van der Waals surface area contributed by atoms with Crippen molar-refractivity contribution in [3.8, 4) is 0 Å². The molecule has 0 bridgehead atoms. The second kappa shape index (κ2) is 9.56. The molecule has 0 heterocycles. The minimum Gasteiger partial charge on any atom is -0.302 e. The van der Waals surface area contributed by atoms with Gasteiger partial charge in [-0.05, 0) is 36.9 Å². The molecule has 0 amide bonds. The molecule has 2 rings (SSSR count). The predicted octanol–water partition coefficient (Wildman–Crippen LogP) is 3.18. The molecule has 0 saturated heterocycles. The fourth-order valence-corrected chi connectivity index (χ4v) is 2.91. The number of halogens is 1. The minimum absolute atomic E-state index is 0. The molecule has 2 aromatic carbocycles. The van der Waals surface area contributed by atoms with Crippen LogP contribution in [0.3, 0.4) is 0 Å². The molecule has 25 heavy (non-hydrogen) atoms. The van der Waals surface area contributed by atoms with E-state index in [2.05, 4.69) is 21.8 Å². The Kier molecular flexibility index (Phi) is 8.09. The highest BCUT2D eigenvalue weighted by atomic mass is 35.5. The monoisotopic (exact) mass is 382 g/mol. The zero-order valence-electron chi connectivity index (χ0n) is 14.3. The Morgan fingerprint density at radius 2 is 1.64 bits per heavy atom. The lowest BCUT2D eigenvalue weighted by molar-refractivity contribution is 0.0968. The first-order chi connectivity index (χ1) is 11.3. The van der Waals surface area contributed by atoms with E-state index in [9.17, 15) is 13.2 Å². The van der Waals surface area contributed by atoms with Crippen molar-refractivity contribution in [2.75, 3.05) is 24.6 Å². The van der Waals surface area contributed by atoms with Crippen molar-refractivity contribution in [2.24, 2.45) is 0 Å². The van der Waals surface area contributed by atoms with Crippen LogP contribution in [0.25, 0.3) is 0 Å². The highest BCUT2D eigenvalue weighted by Crippen LogP contribution is 2.13. The number of nitrogens with one attached hydrogen (secondary N) is 1. The molecule has 0 saturated carbocycles. The van der Waals surface area contributed by atoms with E-state index in [-0.39, 0.29) is 18.2 Å². The SMILES string of the molecule is CN(CCC(=O)c1ccc(NS(C)(=O)=O)cc1)Cc1ccccc1.Cl. The first-order valence-electron chi connectivity index (χ1n) is 7.67. The van der Waals surface area contributed by atoms with Crippen LogP contribution in [0.15, 0.2) is 54.6 Å². The topological polar surface area (TPSA) is 66.5 Å². The van der Waals surface area contributed by atoms with Gasteiger partial charge >= 0.3 is 0 Å². The summed E-state index contributed by atoms with van der Waals surface area (Å²) in [5, 5.41) is 0. The highest BCUT2D eigenvalue weighted by Gasteiger charge is 2.09. The van der Waals surface area contributed by atoms with Gasteiger partial charge in [0.25, 0.3) is 0 Å². The Morgan fingerprint density at radius 3 is 2.20 bits per heavy atom. The number of benzene rings is 2. The van der Waals surface area contributed by atoms with E-state index in [0.717, 1.165) is 12.8 Å². The Hall–Kier alpha value is -1.89. The second-order valence-electron chi connectivity index (χ2n) is 5.85. The van der Waals surface area contributed by atoms with Gasteiger partial charge in [0.15, 0.2) is 5.78 Å².